The van der Waals surface area contributed by atoms with Crippen molar-refractivity contribution >= 4 is 23.7 Å². The van der Waals surface area contributed by atoms with Gasteiger partial charge in [0.25, 0.3) is 0 Å². The van der Waals surface area contributed by atoms with Gasteiger partial charge >= 0.3 is 11.9 Å². The highest BCUT2D eigenvalue weighted by Gasteiger charge is 2.31. The van der Waals surface area contributed by atoms with Gasteiger partial charge in [-0.25, -0.2) is 14.3 Å². The molecule has 0 bridgehead atoms. The summed E-state index contributed by atoms with van der Waals surface area (Å²) in [5, 5.41) is 4.47. The molecular weight excluding hydrogens is 388 g/mol. The van der Waals surface area contributed by atoms with Crippen LogP contribution in [0.1, 0.15) is 34.7 Å². The van der Waals surface area contributed by atoms with E-state index >= 15 is 0 Å². The van der Waals surface area contributed by atoms with Crippen LogP contribution in [0.15, 0.2) is 59.5 Å². The first kappa shape index (κ1) is 20.7. The minimum absolute atomic E-state index is 0.0573. The summed E-state index contributed by atoms with van der Waals surface area (Å²) in [5.41, 5.74) is 2.00. The minimum atomic E-state index is -0.660. The van der Waals surface area contributed by atoms with Crippen molar-refractivity contribution in [1.82, 2.24) is 9.78 Å². The summed E-state index contributed by atoms with van der Waals surface area (Å²) in [7, 11) is 0. The third kappa shape index (κ3) is 4.35. The molecule has 150 valence electrons. The average molecular weight is 410 g/mol. The maximum absolute atomic E-state index is 12.8. The van der Waals surface area contributed by atoms with Crippen LogP contribution in [-0.2, 0) is 9.47 Å². The van der Waals surface area contributed by atoms with Gasteiger partial charge in [0.05, 0.1) is 24.6 Å². The van der Waals surface area contributed by atoms with Crippen LogP contribution in [0.25, 0.3) is 16.9 Å². The van der Waals surface area contributed by atoms with Crippen LogP contribution in [-0.4, -0.2) is 41.2 Å². The lowest BCUT2D eigenvalue weighted by Crippen LogP contribution is -2.13. The van der Waals surface area contributed by atoms with Crippen molar-refractivity contribution in [2.75, 3.05) is 19.5 Å². The molecule has 0 atom stereocenters. The molecule has 1 heterocycles. The highest BCUT2D eigenvalue weighted by molar-refractivity contribution is 7.98. The van der Waals surface area contributed by atoms with Gasteiger partial charge in [0.2, 0.25) is 0 Å². The molecule has 0 saturated heterocycles. The third-order valence-corrected chi connectivity index (χ3v) is 4.94. The molecule has 29 heavy (non-hydrogen) atoms. The second-order valence-corrected chi connectivity index (χ2v) is 6.87. The van der Waals surface area contributed by atoms with E-state index in [0.29, 0.717) is 5.69 Å². The lowest BCUT2D eigenvalue weighted by atomic mass is 10.1. The second kappa shape index (κ2) is 9.43. The minimum Gasteiger partial charge on any atom is -0.462 e. The van der Waals surface area contributed by atoms with Gasteiger partial charge in [-0.2, -0.15) is 5.10 Å². The van der Waals surface area contributed by atoms with E-state index in [1.54, 1.807) is 30.3 Å². The van der Waals surface area contributed by atoms with Gasteiger partial charge in [-0.05, 0) is 44.4 Å². The van der Waals surface area contributed by atoms with Gasteiger partial charge in [-0.3, -0.25) is 0 Å². The fourth-order valence-corrected chi connectivity index (χ4v) is 3.34. The maximum Gasteiger partial charge on any atom is 0.359 e. The summed E-state index contributed by atoms with van der Waals surface area (Å²) in [6, 6.07) is 17.1. The second-order valence-electron chi connectivity index (χ2n) is 5.99. The number of aromatic nitrogens is 2. The molecule has 2 aromatic carbocycles. The highest BCUT2D eigenvalue weighted by Crippen LogP contribution is 2.31. The first-order chi connectivity index (χ1) is 14.1. The number of carbonyl (C=O) groups is 2. The third-order valence-electron chi connectivity index (χ3n) is 4.20. The summed E-state index contributed by atoms with van der Waals surface area (Å²) in [6.45, 7) is 3.79. The number of nitrogens with zero attached hydrogens (tertiary/aromatic N) is 2. The molecule has 0 N–H and O–H groups in total. The number of hydrogen-bond donors (Lipinski definition) is 0. The van der Waals surface area contributed by atoms with Gasteiger partial charge in [0, 0.05) is 10.5 Å². The molecule has 0 radical (unpaired) electrons. The number of thioether (sulfide) groups is 1. The lowest BCUT2D eigenvalue weighted by Gasteiger charge is -2.10. The molecule has 0 spiro atoms. The molecule has 0 saturated carbocycles. The van der Waals surface area contributed by atoms with Crippen molar-refractivity contribution < 1.29 is 19.1 Å². The van der Waals surface area contributed by atoms with Crippen LogP contribution in [0.3, 0.4) is 0 Å². The van der Waals surface area contributed by atoms with Crippen molar-refractivity contribution in [2.24, 2.45) is 0 Å². The first-order valence-electron chi connectivity index (χ1n) is 9.27. The van der Waals surface area contributed by atoms with E-state index in [1.807, 2.05) is 60.9 Å². The fourth-order valence-electron chi connectivity index (χ4n) is 2.93. The van der Waals surface area contributed by atoms with Crippen LogP contribution in [0, 0.1) is 0 Å². The molecule has 0 unspecified atom stereocenters. The van der Waals surface area contributed by atoms with Gasteiger partial charge in [-0.15, -0.1) is 11.8 Å². The Labute approximate surface area is 173 Å². The van der Waals surface area contributed by atoms with Gasteiger partial charge in [-0.1, -0.05) is 30.3 Å². The number of esters is 2. The Morgan fingerprint density at radius 2 is 1.55 bits per heavy atom. The lowest BCUT2D eigenvalue weighted by molar-refractivity contribution is 0.0476. The largest absolute Gasteiger partial charge is 0.462 e. The molecule has 3 aromatic rings. The van der Waals surface area contributed by atoms with E-state index in [4.69, 9.17) is 9.47 Å². The van der Waals surface area contributed by atoms with Crippen LogP contribution in [0.5, 0.6) is 0 Å². The number of carbonyl (C=O) groups excluding carboxylic acids is 2. The fraction of sp³-hybridized carbons (Fsp3) is 0.227. The van der Waals surface area contributed by atoms with Gasteiger partial charge < -0.3 is 9.47 Å². The van der Waals surface area contributed by atoms with E-state index in [9.17, 15) is 9.59 Å². The summed E-state index contributed by atoms with van der Waals surface area (Å²) < 4.78 is 12.0. The molecule has 7 heteroatoms. The summed E-state index contributed by atoms with van der Waals surface area (Å²) in [4.78, 5) is 26.5. The zero-order chi connectivity index (χ0) is 20.8. The smallest absolute Gasteiger partial charge is 0.359 e. The highest BCUT2D eigenvalue weighted by atomic mass is 32.2. The Morgan fingerprint density at radius 3 is 2.14 bits per heavy atom. The maximum atomic E-state index is 12.8. The van der Waals surface area contributed by atoms with Crippen molar-refractivity contribution in [3.63, 3.8) is 0 Å². The SMILES string of the molecule is CCOC(=O)c1nn(-c2ccc(SC)cc2)c(-c2ccccc2)c1C(=O)OCC. The van der Waals surface area contributed by atoms with E-state index in [-0.39, 0.29) is 24.5 Å². The Balaban J connectivity index is 2.29. The van der Waals surface area contributed by atoms with E-state index in [2.05, 4.69) is 5.10 Å². The van der Waals surface area contributed by atoms with Gasteiger partial charge in [0.1, 0.15) is 5.56 Å². The Morgan fingerprint density at radius 1 is 0.931 bits per heavy atom. The molecule has 1 aromatic heterocycles. The van der Waals surface area contributed by atoms with Crippen molar-refractivity contribution in [3.8, 4) is 16.9 Å². The molecular formula is C22H22N2O4S. The molecule has 0 aliphatic rings. The summed E-state index contributed by atoms with van der Waals surface area (Å²) in [5.74, 6) is -1.27. The van der Waals surface area contributed by atoms with Crippen molar-refractivity contribution in [3.05, 3.63) is 65.9 Å². The van der Waals surface area contributed by atoms with E-state index < -0.39 is 11.9 Å². The molecule has 3 rings (SSSR count). The van der Waals surface area contributed by atoms with E-state index in [0.717, 1.165) is 16.1 Å². The zero-order valence-electron chi connectivity index (χ0n) is 16.5. The Hall–Kier alpha value is -3.06. The number of benzene rings is 2. The Bertz CT molecular complexity index is 998. The predicted octanol–water partition coefficient (Wildman–Crippen LogP) is 4.61. The van der Waals surface area contributed by atoms with Gasteiger partial charge in [0.15, 0.2) is 5.69 Å². The predicted molar refractivity (Wildman–Crippen MR) is 113 cm³/mol. The van der Waals surface area contributed by atoms with Crippen molar-refractivity contribution in [2.45, 2.75) is 18.7 Å². The van der Waals surface area contributed by atoms with Crippen LogP contribution >= 0.6 is 11.8 Å². The zero-order valence-corrected chi connectivity index (χ0v) is 17.4. The van der Waals surface area contributed by atoms with Crippen molar-refractivity contribution in [1.29, 1.82) is 0 Å². The monoisotopic (exact) mass is 410 g/mol. The molecule has 0 fully saturated rings. The molecule has 0 aliphatic carbocycles. The van der Waals surface area contributed by atoms with Crippen LogP contribution in [0.4, 0.5) is 0 Å². The summed E-state index contributed by atoms with van der Waals surface area (Å²) in [6.07, 6.45) is 2.00. The number of rotatable bonds is 7. The van der Waals surface area contributed by atoms with Crippen LogP contribution < -0.4 is 0 Å². The molecule has 0 aliphatic heterocycles. The topological polar surface area (TPSA) is 70.4 Å². The summed E-state index contributed by atoms with van der Waals surface area (Å²) >= 11 is 1.63. The molecule has 6 nitrogen and oxygen atoms in total. The molecule has 0 amide bonds. The van der Waals surface area contributed by atoms with E-state index in [1.165, 1.54) is 0 Å². The number of hydrogen-bond acceptors (Lipinski definition) is 6. The standard InChI is InChI=1S/C22H22N2O4S/c1-4-27-21(25)18-19(22(26)28-5-2)23-24(16-11-13-17(29-3)14-12-16)20(18)15-9-7-6-8-10-15/h6-14H,4-5H2,1-3H3. The quantitative estimate of drug-likeness (QED) is 0.418. The first-order valence-corrected chi connectivity index (χ1v) is 10.5. The normalized spacial score (nSPS) is 10.6. The van der Waals surface area contributed by atoms with Crippen LogP contribution in [0.2, 0.25) is 0 Å². The number of ether oxygens (including phenoxy) is 2. The Kier molecular flexibility index (Phi) is 6.72. The average Bonchev–Trinajstić information content (AvgIpc) is 3.15.